The normalized spacial score (nSPS) is 18.5. The summed E-state index contributed by atoms with van der Waals surface area (Å²) in [6.45, 7) is 2.72. The van der Waals surface area contributed by atoms with Gasteiger partial charge in [-0.3, -0.25) is 14.4 Å². The average Bonchev–Trinajstić information content (AvgIpc) is 3.28. The first-order valence-corrected chi connectivity index (χ1v) is 12.8. The summed E-state index contributed by atoms with van der Waals surface area (Å²) in [5, 5.41) is 0.607. The van der Waals surface area contributed by atoms with Crippen LogP contribution in [0.4, 0.5) is 13.2 Å². The monoisotopic (exact) mass is 573 g/mol. The number of hydrogen-bond acceptors (Lipinski definition) is 5. The Bertz CT molecular complexity index is 1120. The van der Waals surface area contributed by atoms with Gasteiger partial charge in [-0.2, -0.15) is 13.2 Å². The second kappa shape index (κ2) is 13.0. The van der Waals surface area contributed by atoms with Crippen LogP contribution in [0.15, 0.2) is 48.5 Å². The molecule has 2 aromatic rings. The van der Waals surface area contributed by atoms with Crippen molar-refractivity contribution in [3.8, 4) is 5.75 Å². The number of amides is 1. The summed E-state index contributed by atoms with van der Waals surface area (Å²) in [5.41, 5.74) is 0.886. The molecular formula is C27H28Cl2F3NO5. The van der Waals surface area contributed by atoms with Crippen molar-refractivity contribution in [3.63, 3.8) is 0 Å². The van der Waals surface area contributed by atoms with Crippen LogP contribution >= 0.6 is 23.2 Å². The van der Waals surface area contributed by atoms with E-state index < -0.39 is 60.7 Å². The van der Waals surface area contributed by atoms with Gasteiger partial charge in [0.25, 0.3) is 5.91 Å². The summed E-state index contributed by atoms with van der Waals surface area (Å²) in [5.74, 6) is -5.17. The Morgan fingerprint density at radius 2 is 1.68 bits per heavy atom. The first-order chi connectivity index (χ1) is 17.8. The molecule has 0 aromatic heterocycles. The third-order valence-corrected chi connectivity index (χ3v) is 6.76. The molecule has 206 valence electrons. The van der Waals surface area contributed by atoms with Crippen molar-refractivity contribution in [3.05, 3.63) is 64.1 Å². The predicted molar refractivity (Wildman–Crippen MR) is 136 cm³/mol. The third-order valence-electron chi connectivity index (χ3n) is 6.32. The molecule has 0 bridgehead atoms. The van der Waals surface area contributed by atoms with E-state index in [0.29, 0.717) is 10.0 Å². The molecule has 0 unspecified atom stereocenters. The molecule has 1 aliphatic rings. The minimum atomic E-state index is -5.06. The van der Waals surface area contributed by atoms with Crippen molar-refractivity contribution < 1.29 is 37.0 Å². The van der Waals surface area contributed by atoms with Crippen molar-refractivity contribution in [2.45, 2.75) is 51.6 Å². The zero-order chi connectivity index (χ0) is 28.0. The van der Waals surface area contributed by atoms with E-state index in [1.54, 1.807) is 0 Å². The molecule has 0 aliphatic carbocycles. The minimum Gasteiger partial charge on any atom is -0.484 e. The number of ether oxygens (including phenoxy) is 2. The van der Waals surface area contributed by atoms with Crippen LogP contribution in [0.25, 0.3) is 0 Å². The van der Waals surface area contributed by atoms with Gasteiger partial charge in [0.05, 0.1) is 18.8 Å². The third kappa shape index (κ3) is 8.19. The fourth-order valence-corrected chi connectivity index (χ4v) is 4.83. The van der Waals surface area contributed by atoms with Gasteiger partial charge >= 0.3 is 6.18 Å². The average molecular weight is 574 g/mol. The maximum atomic E-state index is 13.2. The van der Waals surface area contributed by atoms with Gasteiger partial charge in [0.2, 0.25) is 5.78 Å². The Morgan fingerprint density at radius 1 is 1.05 bits per heavy atom. The molecule has 1 heterocycles. The number of rotatable bonds is 11. The van der Waals surface area contributed by atoms with Crippen molar-refractivity contribution in [1.29, 1.82) is 0 Å². The van der Waals surface area contributed by atoms with E-state index in [1.165, 1.54) is 36.9 Å². The topological polar surface area (TPSA) is 72.9 Å². The number of benzene rings is 2. The summed E-state index contributed by atoms with van der Waals surface area (Å²) >= 11 is 11.9. The molecule has 1 aliphatic heterocycles. The quantitative estimate of drug-likeness (QED) is 0.333. The van der Waals surface area contributed by atoms with Crippen molar-refractivity contribution in [2.24, 2.45) is 11.8 Å². The van der Waals surface area contributed by atoms with Crippen LogP contribution in [-0.4, -0.2) is 53.8 Å². The number of alkyl halides is 3. The van der Waals surface area contributed by atoms with E-state index in [9.17, 15) is 27.6 Å². The molecule has 11 heteroatoms. The molecule has 1 saturated heterocycles. The number of carbonyl (C=O) groups excluding carboxylic acids is 3. The number of hydrogen-bond donors (Lipinski definition) is 0. The van der Waals surface area contributed by atoms with Gasteiger partial charge in [-0.15, -0.1) is 0 Å². The van der Waals surface area contributed by atoms with E-state index in [2.05, 4.69) is 0 Å². The zero-order valence-corrected chi connectivity index (χ0v) is 22.4. The maximum Gasteiger partial charge on any atom is 0.450 e. The lowest BCUT2D eigenvalue weighted by Gasteiger charge is -2.26. The Morgan fingerprint density at radius 3 is 2.26 bits per heavy atom. The van der Waals surface area contributed by atoms with Crippen LogP contribution in [0.1, 0.15) is 32.3 Å². The molecule has 0 N–H and O–H groups in total. The number of carbonyl (C=O) groups is 3. The van der Waals surface area contributed by atoms with E-state index >= 15 is 0 Å². The molecular weight excluding hydrogens is 546 g/mol. The van der Waals surface area contributed by atoms with Gasteiger partial charge in [-0.1, -0.05) is 67.4 Å². The van der Waals surface area contributed by atoms with Crippen LogP contribution in [0, 0.1) is 11.8 Å². The first kappa shape index (κ1) is 29.9. The fraction of sp³-hybridized carbons (Fsp3) is 0.444. The van der Waals surface area contributed by atoms with Gasteiger partial charge in [0.1, 0.15) is 5.75 Å². The highest BCUT2D eigenvalue weighted by Crippen LogP contribution is 2.31. The lowest BCUT2D eigenvalue weighted by Crippen LogP contribution is -2.45. The molecule has 0 spiro atoms. The van der Waals surface area contributed by atoms with Crippen LogP contribution in [-0.2, 0) is 25.7 Å². The Kier molecular flexibility index (Phi) is 10.2. The molecule has 3 atom stereocenters. The predicted octanol–water partition coefficient (Wildman–Crippen LogP) is 5.92. The summed E-state index contributed by atoms with van der Waals surface area (Å²) in [6, 6.07) is 12.6. The Labute approximate surface area is 229 Å². The number of ketones is 2. The summed E-state index contributed by atoms with van der Waals surface area (Å²) in [6.07, 6.45) is -6.15. The Balaban J connectivity index is 1.75. The lowest BCUT2D eigenvalue weighted by atomic mass is 9.85. The molecule has 1 amide bonds. The van der Waals surface area contributed by atoms with Gasteiger partial charge < -0.3 is 14.4 Å². The number of likely N-dealkylation sites (tertiary alicyclic amines) is 1. The first-order valence-electron chi connectivity index (χ1n) is 12.0. The molecule has 2 aromatic carbocycles. The highest BCUT2D eigenvalue weighted by atomic mass is 35.5. The molecule has 0 saturated carbocycles. The van der Waals surface area contributed by atoms with Gasteiger partial charge in [-0.05, 0) is 29.7 Å². The maximum absolute atomic E-state index is 13.2. The van der Waals surface area contributed by atoms with Crippen molar-refractivity contribution in [1.82, 2.24) is 4.90 Å². The van der Waals surface area contributed by atoms with Crippen molar-refractivity contribution >= 4 is 40.7 Å². The second-order valence-corrected chi connectivity index (χ2v) is 10.4. The van der Waals surface area contributed by atoms with Gasteiger partial charge in [0.15, 0.2) is 12.4 Å². The van der Waals surface area contributed by atoms with Crippen LogP contribution < -0.4 is 4.74 Å². The molecule has 1 fully saturated rings. The molecule has 3 rings (SSSR count). The SMILES string of the molecule is CC(C)[C@H](CC(=O)[C@@H]1C[C@@H](OCc2ccccc2)CN1C(=O)COc1cc(Cl)cc(Cl)c1)C(=O)C(F)(F)F. The van der Waals surface area contributed by atoms with Crippen LogP contribution in [0.2, 0.25) is 10.0 Å². The number of nitrogens with zero attached hydrogens (tertiary/aromatic N) is 1. The lowest BCUT2D eigenvalue weighted by molar-refractivity contribution is -0.177. The number of halogens is 5. The number of Topliss-reactive ketones (excluding diaryl/α,β-unsaturated/α-hetero) is 2. The van der Waals surface area contributed by atoms with Crippen molar-refractivity contribution in [2.75, 3.05) is 13.2 Å². The highest BCUT2D eigenvalue weighted by molar-refractivity contribution is 6.34. The molecule has 38 heavy (non-hydrogen) atoms. The summed E-state index contributed by atoms with van der Waals surface area (Å²) in [7, 11) is 0. The van der Waals surface area contributed by atoms with Gasteiger partial charge in [0, 0.05) is 35.3 Å². The second-order valence-electron chi connectivity index (χ2n) is 9.49. The van der Waals surface area contributed by atoms with E-state index in [4.69, 9.17) is 32.7 Å². The van der Waals surface area contributed by atoms with Crippen LogP contribution in [0.5, 0.6) is 5.75 Å². The van der Waals surface area contributed by atoms with E-state index in [1.807, 2.05) is 30.3 Å². The minimum absolute atomic E-state index is 0.0430. The largest absolute Gasteiger partial charge is 0.484 e. The van der Waals surface area contributed by atoms with E-state index in [-0.39, 0.29) is 25.3 Å². The molecule has 0 radical (unpaired) electrons. The highest BCUT2D eigenvalue weighted by Gasteiger charge is 2.47. The van der Waals surface area contributed by atoms with Crippen LogP contribution in [0.3, 0.4) is 0 Å². The summed E-state index contributed by atoms with van der Waals surface area (Å²) in [4.78, 5) is 39.6. The fourth-order valence-electron chi connectivity index (χ4n) is 4.32. The van der Waals surface area contributed by atoms with Gasteiger partial charge in [-0.25, -0.2) is 0 Å². The zero-order valence-electron chi connectivity index (χ0n) is 20.8. The molecule has 6 nitrogen and oxygen atoms in total. The Hall–Kier alpha value is -2.62. The summed E-state index contributed by atoms with van der Waals surface area (Å²) < 4.78 is 50.9. The standard InChI is InChI=1S/C27H28Cl2F3NO5/c1-16(2)22(26(36)27(30,31)32)12-24(34)23-11-21(37-14-17-6-4-3-5-7-17)13-33(23)25(35)15-38-20-9-18(28)8-19(29)10-20/h3-10,16,21-23H,11-15H2,1-2H3/t21-,22+,23+/m1/s1. The van der Waals surface area contributed by atoms with E-state index in [0.717, 1.165) is 5.56 Å². The smallest absolute Gasteiger partial charge is 0.450 e.